The van der Waals surface area contributed by atoms with Gasteiger partial charge in [-0.3, -0.25) is 0 Å². The van der Waals surface area contributed by atoms with E-state index in [1.165, 1.54) is 6.07 Å². The molecule has 0 saturated heterocycles. The van der Waals surface area contributed by atoms with E-state index in [0.717, 1.165) is 6.07 Å². The number of benzene rings is 1. The van der Waals surface area contributed by atoms with Gasteiger partial charge in [0.05, 0.1) is 0 Å². The van der Waals surface area contributed by atoms with Gasteiger partial charge >= 0.3 is 0 Å². The molecule has 0 heterocycles. The van der Waals surface area contributed by atoms with Crippen LogP contribution in [0.4, 0.5) is 8.78 Å². The van der Waals surface area contributed by atoms with E-state index in [9.17, 15) is 8.78 Å². The van der Waals surface area contributed by atoms with Crippen LogP contribution in [-0.2, 0) is 6.42 Å². The van der Waals surface area contributed by atoms with Crippen molar-refractivity contribution in [3.05, 3.63) is 35.4 Å². The molecule has 0 spiro atoms. The zero-order valence-corrected chi connectivity index (χ0v) is 5.62. The van der Waals surface area contributed by atoms with Crippen LogP contribution in [0.1, 0.15) is 12.5 Å². The molecule has 0 aliphatic carbocycles. The fourth-order valence-corrected chi connectivity index (χ4v) is 0.742. The van der Waals surface area contributed by atoms with Crippen molar-refractivity contribution in [3.63, 3.8) is 0 Å². The summed E-state index contributed by atoms with van der Waals surface area (Å²) in [5.74, 6) is -1.13. The second kappa shape index (κ2) is 2.78. The lowest BCUT2D eigenvalue weighted by Crippen LogP contribution is -1.88. The Morgan fingerprint density at radius 1 is 1.50 bits per heavy atom. The Labute approximate surface area is 58.5 Å². The molecule has 0 aliphatic heterocycles. The molecule has 0 atom stereocenters. The lowest BCUT2D eigenvalue weighted by Gasteiger charge is -1.96. The molecule has 1 rings (SSSR count). The quantitative estimate of drug-likeness (QED) is 0.563. The van der Waals surface area contributed by atoms with Crippen LogP contribution in [0, 0.1) is 17.7 Å². The summed E-state index contributed by atoms with van der Waals surface area (Å²) < 4.78 is 24.8. The van der Waals surface area contributed by atoms with Gasteiger partial charge in [-0.05, 0) is 18.1 Å². The van der Waals surface area contributed by atoms with Crippen LogP contribution in [0.25, 0.3) is 0 Å². The van der Waals surface area contributed by atoms with E-state index in [1.54, 1.807) is 0 Å². The van der Waals surface area contributed by atoms with Crippen molar-refractivity contribution in [2.45, 2.75) is 13.3 Å². The molecule has 0 amide bonds. The predicted octanol–water partition coefficient (Wildman–Crippen LogP) is 2.33. The van der Waals surface area contributed by atoms with E-state index in [4.69, 9.17) is 0 Å². The minimum absolute atomic E-state index is 0.487. The summed E-state index contributed by atoms with van der Waals surface area (Å²) in [6.07, 6.45) is 0.572. The smallest absolute Gasteiger partial charge is 0.134 e. The summed E-state index contributed by atoms with van der Waals surface area (Å²) in [7, 11) is 0. The van der Waals surface area contributed by atoms with E-state index in [-0.39, 0.29) is 0 Å². The van der Waals surface area contributed by atoms with Crippen LogP contribution in [0.3, 0.4) is 0 Å². The maximum atomic E-state index is 12.6. The zero-order valence-electron chi connectivity index (χ0n) is 5.62. The van der Waals surface area contributed by atoms with Crippen LogP contribution in [0.5, 0.6) is 0 Å². The van der Waals surface area contributed by atoms with Crippen LogP contribution in [0.15, 0.2) is 12.1 Å². The average molecular weight is 141 g/mol. The molecule has 0 aromatic heterocycles. The molecule has 0 unspecified atom stereocenters. The topological polar surface area (TPSA) is 0 Å². The maximum absolute atomic E-state index is 12.6. The fourth-order valence-electron chi connectivity index (χ4n) is 0.742. The summed E-state index contributed by atoms with van der Waals surface area (Å²) in [5.41, 5.74) is 0.501. The number of hydrogen-bond donors (Lipinski definition) is 0. The third-order valence-electron chi connectivity index (χ3n) is 1.33. The average Bonchev–Trinajstić information content (AvgIpc) is 1.88. The normalized spacial score (nSPS) is 9.90. The van der Waals surface area contributed by atoms with Gasteiger partial charge in [0.2, 0.25) is 0 Å². The highest BCUT2D eigenvalue weighted by Gasteiger charge is 1.99. The predicted molar refractivity (Wildman–Crippen MR) is 34.6 cm³/mol. The van der Waals surface area contributed by atoms with Crippen molar-refractivity contribution in [2.24, 2.45) is 0 Å². The molecule has 53 valence electrons. The Hall–Kier alpha value is -0.920. The molecular formula is C8H7F2. The maximum Gasteiger partial charge on any atom is 0.134 e. The molecule has 0 bridgehead atoms. The third-order valence-corrected chi connectivity index (χ3v) is 1.33. The van der Waals surface area contributed by atoms with Crippen LogP contribution < -0.4 is 0 Å². The number of rotatable bonds is 1. The summed E-state index contributed by atoms with van der Waals surface area (Å²) in [5, 5.41) is 0. The highest BCUT2D eigenvalue weighted by molar-refractivity contribution is 5.17. The summed E-state index contributed by atoms with van der Waals surface area (Å²) in [6.45, 7) is 1.81. The molecule has 0 saturated carbocycles. The van der Waals surface area contributed by atoms with E-state index in [0.29, 0.717) is 12.0 Å². The summed E-state index contributed by atoms with van der Waals surface area (Å²) >= 11 is 0. The molecule has 1 aromatic rings. The Morgan fingerprint density at radius 3 is 2.70 bits per heavy atom. The van der Waals surface area contributed by atoms with Crippen LogP contribution in [-0.4, -0.2) is 0 Å². The molecule has 1 aromatic carbocycles. The lowest BCUT2D eigenvalue weighted by atomic mass is 10.1. The van der Waals surface area contributed by atoms with Gasteiger partial charge in [-0.2, -0.15) is 0 Å². The summed E-state index contributed by atoms with van der Waals surface area (Å²) in [6, 6.07) is 4.47. The molecule has 0 nitrogen and oxygen atoms in total. The number of hydrogen-bond acceptors (Lipinski definition) is 0. The van der Waals surface area contributed by atoms with Gasteiger partial charge in [0, 0.05) is 12.1 Å². The Morgan fingerprint density at radius 2 is 2.20 bits per heavy atom. The van der Waals surface area contributed by atoms with Crippen molar-refractivity contribution in [2.75, 3.05) is 0 Å². The van der Waals surface area contributed by atoms with Gasteiger partial charge in [-0.25, -0.2) is 8.78 Å². The van der Waals surface area contributed by atoms with Gasteiger partial charge in [0.1, 0.15) is 11.6 Å². The van der Waals surface area contributed by atoms with Crippen molar-refractivity contribution in [1.82, 2.24) is 0 Å². The molecule has 0 aliphatic rings. The van der Waals surface area contributed by atoms with E-state index < -0.39 is 11.6 Å². The van der Waals surface area contributed by atoms with Crippen molar-refractivity contribution in [3.8, 4) is 0 Å². The molecular weight excluding hydrogens is 134 g/mol. The number of halogens is 2. The Balaban J connectivity index is 3.07. The van der Waals surface area contributed by atoms with Crippen molar-refractivity contribution >= 4 is 0 Å². The van der Waals surface area contributed by atoms with Crippen molar-refractivity contribution in [1.29, 1.82) is 0 Å². The largest absolute Gasteiger partial charge is 0.207 e. The second-order valence-corrected chi connectivity index (χ2v) is 2.01. The third kappa shape index (κ3) is 1.32. The minimum atomic E-state index is -0.644. The van der Waals surface area contributed by atoms with Gasteiger partial charge < -0.3 is 0 Å². The van der Waals surface area contributed by atoms with E-state index in [2.05, 4.69) is 6.07 Å². The Kier molecular flexibility index (Phi) is 2.00. The van der Waals surface area contributed by atoms with E-state index in [1.807, 2.05) is 6.92 Å². The summed E-state index contributed by atoms with van der Waals surface area (Å²) in [4.78, 5) is 0. The van der Waals surface area contributed by atoms with E-state index >= 15 is 0 Å². The van der Waals surface area contributed by atoms with Gasteiger partial charge in [0.25, 0.3) is 0 Å². The highest BCUT2D eigenvalue weighted by atomic mass is 19.1. The first kappa shape index (κ1) is 7.19. The Bertz CT molecular complexity index is 231. The molecule has 10 heavy (non-hydrogen) atoms. The SMILES string of the molecule is CCc1c[c]c(F)cc1F. The highest BCUT2D eigenvalue weighted by Crippen LogP contribution is 2.08. The first-order valence-electron chi connectivity index (χ1n) is 3.09. The minimum Gasteiger partial charge on any atom is -0.207 e. The molecule has 2 heteroatoms. The fraction of sp³-hybridized carbons (Fsp3) is 0.250. The van der Waals surface area contributed by atoms with Crippen LogP contribution >= 0.6 is 0 Å². The van der Waals surface area contributed by atoms with Gasteiger partial charge in [-0.15, -0.1) is 0 Å². The molecule has 0 fully saturated rings. The molecule has 1 radical (unpaired) electrons. The van der Waals surface area contributed by atoms with Crippen LogP contribution in [0.2, 0.25) is 0 Å². The first-order chi connectivity index (χ1) is 4.74. The second-order valence-electron chi connectivity index (χ2n) is 2.01. The van der Waals surface area contributed by atoms with Gasteiger partial charge in [0.15, 0.2) is 0 Å². The zero-order chi connectivity index (χ0) is 7.56. The first-order valence-corrected chi connectivity index (χ1v) is 3.09. The molecule has 0 N–H and O–H groups in total. The van der Waals surface area contributed by atoms with Crippen molar-refractivity contribution < 1.29 is 8.78 Å². The monoisotopic (exact) mass is 141 g/mol. The standard InChI is InChI=1S/C8H7F2/c1-2-6-3-4-7(9)5-8(6)10/h3,5H,2H2,1H3. The van der Waals surface area contributed by atoms with Gasteiger partial charge in [-0.1, -0.05) is 6.92 Å². The lowest BCUT2D eigenvalue weighted by molar-refractivity contribution is 0.572. The number of aryl methyl sites for hydroxylation is 1.